The Bertz CT molecular complexity index is 841. The van der Waals surface area contributed by atoms with Gasteiger partial charge in [0, 0.05) is 12.6 Å². The summed E-state index contributed by atoms with van der Waals surface area (Å²) in [5, 5.41) is 2.46. The SMILES string of the molecule is COC(=O)[C@H](Cc1cncn1C(=O)OC(C)(C)C)NC(=O)OCc1ccccc1. The maximum atomic E-state index is 12.3. The molecule has 2 rings (SSSR count). The first-order chi connectivity index (χ1) is 13.7. The van der Waals surface area contributed by atoms with Gasteiger partial charge in [-0.2, -0.15) is 0 Å². The number of amides is 1. The molecule has 0 fully saturated rings. The van der Waals surface area contributed by atoms with Crippen LogP contribution in [0.15, 0.2) is 42.9 Å². The van der Waals surface area contributed by atoms with Crippen LogP contribution in [0.2, 0.25) is 0 Å². The molecule has 1 heterocycles. The number of nitrogens with zero attached hydrogens (tertiary/aromatic N) is 2. The molecule has 156 valence electrons. The summed E-state index contributed by atoms with van der Waals surface area (Å²) in [5.41, 5.74) is 0.484. The summed E-state index contributed by atoms with van der Waals surface area (Å²) in [5.74, 6) is -0.682. The van der Waals surface area contributed by atoms with Crippen molar-refractivity contribution in [2.45, 2.75) is 45.4 Å². The molecular formula is C20H25N3O6. The Labute approximate surface area is 169 Å². The van der Waals surface area contributed by atoms with E-state index in [-0.39, 0.29) is 13.0 Å². The van der Waals surface area contributed by atoms with Crippen LogP contribution in [0.4, 0.5) is 9.59 Å². The molecule has 29 heavy (non-hydrogen) atoms. The standard InChI is InChI=1S/C20H25N3O6/c1-20(2,3)29-19(26)23-13-21-11-15(23)10-16(17(24)27-4)22-18(25)28-12-14-8-6-5-7-9-14/h5-9,11,13,16H,10,12H2,1-4H3,(H,22,25)/t16-/m0/s1. The van der Waals surface area contributed by atoms with E-state index in [4.69, 9.17) is 14.2 Å². The number of nitrogens with one attached hydrogen (secondary N) is 1. The third kappa shape index (κ3) is 6.95. The molecule has 0 bridgehead atoms. The average Bonchev–Trinajstić information content (AvgIpc) is 3.13. The maximum Gasteiger partial charge on any atom is 0.420 e. The van der Waals surface area contributed by atoms with Gasteiger partial charge in [-0.3, -0.25) is 0 Å². The van der Waals surface area contributed by atoms with Gasteiger partial charge in [0.1, 0.15) is 24.6 Å². The number of hydrogen-bond donors (Lipinski definition) is 1. The molecule has 1 aromatic carbocycles. The summed E-state index contributed by atoms with van der Waals surface area (Å²) in [7, 11) is 1.21. The summed E-state index contributed by atoms with van der Waals surface area (Å²) in [6.45, 7) is 5.27. The molecule has 0 aliphatic heterocycles. The van der Waals surface area contributed by atoms with Crippen molar-refractivity contribution in [3.63, 3.8) is 0 Å². The summed E-state index contributed by atoms with van der Waals surface area (Å²) >= 11 is 0. The highest BCUT2D eigenvalue weighted by molar-refractivity contribution is 5.81. The van der Waals surface area contributed by atoms with E-state index in [1.807, 2.05) is 30.3 Å². The van der Waals surface area contributed by atoms with Gasteiger partial charge < -0.3 is 19.5 Å². The van der Waals surface area contributed by atoms with Crippen LogP contribution in [-0.4, -0.2) is 46.5 Å². The number of hydrogen-bond acceptors (Lipinski definition) is 7. The minimum Gasteiger partial charge on any atom is -0.467 e. The van der Waals surface area contributed by atoms with Crippen molar-refractivity contribution in [3.05, 3.63) is 54.1 Å². The first kappa shape index (κ1) is 21.9. The molecule has 0 aliphatic carbocycles. The van der Waals surface area contributed by atoms with Crippen molar-refractivity contribution in [1.82, 2.24) is 14.9 Å². The Morgan fingerprint density at radius 3 is 2.48 bits per heavy atom. The van der Waals surface area contributed by atoms with Crippen LogP contribution in [0.1, 0.15) is 32.0 Å². The fourth-order valence-electron chi connectivity index (χ4n) is 2.40. The number of carbonyl (C=O) groups is 3. The molecule has 1 amide bonds. The quantitative estimate of drug-likeness (QED) is 0.583. The molecule has 1 atom stereocenters. The highest BCUT2D eigenvalue weighted by Gasteiger charge is 2.26. The lowest BCUT2D eigenvalue weighted by Crippen LogP contribution is -2.43. The fourth-order valence-corrected chi connectivity index (χ4v) is 2.40. The molecule has 0 saturated heterocycles. The van der Waals surface area contributed by atoms with Gasteiger partial charge >= 0.3 is 18.2 Å². The number of esters is 1. The van der Waals surface area contributed by atoms with Crippen molar-refractivity contribution in [3.8, 4) is 0 Å². The highest BCUT2D eigenvalue weighted by Crippen LogP contribution is 2.12. The Balaban J connectivity index is 2.04. The lowest BCUT2D eigenvalue weighted by molar-refractivity contribution is -0.143. The molecule has 1 N–H and O–H groups in total. The molecule has 0 radical (unpaired) electrons. The molecule has 0 saturated carbocycles. The van der Waals surface area contributed by atoms with E-state index in [1.165, 1.54) is 24.2 Å². The number of rotatable bonds is 6. The van der Waals surface area contributed by atoms with Crippen molar-refractivity contribution >= 4 is 18.2 Å². The second-order valence-electron chi connectivity index (χ2n) is 7.22. The van der Waals surface area contributed by atoms with Gasteiger partial charge in [0.05, 0.1) is 12.8 Å². The fraction of sp³-hybridized carbons (Fsp3) is 0.400. The van der Waals surface area contributed by atoms with Crippen molar-refractivity contribution in [2.24, 2.45) is 0 Å². The second-order valence-corrected chi connectivity index (χ2v) is 7.22. The van der Waals surface area contributed by atoms with Crippen molar-refractivity contribution in [1.29, 1.82) is 0 Å². The second kappa shape index (κ2) is 9.72. The van der Waals surface area contributed by atoms with Gasteiger partial charge in [-0.15, -0.1) is 0 Å². The van der Waals surface area contributed by atoms with E-state index in [1.54, 1.807) is 20.8 Å². The summed E-state index contributed by atoms with van der Waals surface area (Å²) < 4.78 is 16.4. The summed E-state index contributed by atoms with van der Waals surface area (Å²) in [6, 6.07) is 8.05. The van der Waals surface area contributed by atoms with Crippen molar-refractivity contribution in [2.75, 3.05) is 7.11 Å². The number of aromatic nitrogens is 2. The summed E-state index contributed by atoms with van der Waals surface area (Å²) in [6.07, 6.45) is 1.24. The van der Waals surface area contributed by atoms with E-state index in [9.17, 15) is 14.4 Å². The minimum absolute atomic E-state index is 0.0354. The zero-order valence-electron chi connectivity index (χ0n) is 16.9. The maximum absolute atomic E-state index is 12.3. The van der Waals surface area contributed by atoms with Crippen LogP contribution in [0, 0.1) is 0 Å². The first-order valence-corrected chi connectivity index (χ1v) is 8.99. The Morgan fingerprint density at radius 1 is 1.17 bits per heavy atom. The monoisotopic (exact) mass is 403 g/mol. The van der Waals surface area contributed by atoms with Crippen LogP contribution >= 0.6 is 0 Å². The topological polar surface area (TPSA) is 109 Å². The van der Waals surface area contributed by atoms with Gasteiger partial charge in [0.2, 0.25) is 0 Å². The minimum atomic E-state index is -1.07. The van der Waals surface area contributed by atoms with E-state index < -0.39 is 29.8 Å². The highest BCUT2D eigenvalue weighted by atomic mass is 16.6. The van der Waals surface area contributed by atoms with Gasteiger partial charge in [-0.25, -0.2) is 23.9 Å². The van der Waals surface area contributed by atoms with E-state index in [0.717, 1.165) is 5.56 Å². The number of imidazole rings is 1. The van der Waals surface area contributed by atoms with E-state index in [2.05, 4.69) is 10.3 Å². The molecule has 1 aromatic heterocycles. The van der Waals surface area contributed by atoms with Crippen molar-refractivity contribution < 1.29 is 28.6 Å². The third-order valence-corrected chi connectivity index (χ3v) is 3.71. The van der Waals surface area contributed by atoms with Crippen LogP contribution in [-0.2, 0) is 32.0 Å². The number of benzene rings is 1. The zero-order chi connectivity index (χ0) is 21.4. The number of alkyl carbamates (subject to hydrolysis) is 1. The van der Waals surface area contributed by atoms with Crippen LogP contribution < -0.4 is 5.32 Å². The molecule has 0 spiro atoms. The Hall–Kier alpha value is -3.36. The normalized spacial score (nSPS) is 12.0. The average molecular weight is 403 g/mol. The molecule has 9 heteroatoms. The predicted octanol–water partition coefficient (Wildman–Crippen LogP) is 2.68. The van der Waals surface area contributed by atoms with E-state index in [0.29, 0.717) is 5.69 Å². The number of ether oxygens (including phenoxy) is 3. The lowest BCUT2D eigenvalue weighted by Gasteiger charge is -2.21. The first-order valence-electron chi connectivity index (χ1n) is 8.99. The Kier molecular flexibility index (Phi) is 7.35. The van der Waals surface area contributed by atoms with Crippen LogP contribution in [0.3, 0.4) is 0 Å². The summed E-state index contributed by atoms with van der Waals surface area (Å²) in [4.78, 5) is 40.5. The van der Waals surface area contributed by atoms with Crippen LogP contribution in [0.25, 0.3) is 0 Å². The lowest BCUT2D eigenvalue weighted by atomic mass is 10.1. The zero-order valence-corrected chi connectivity index (χ0v) is 16.9. The third-order valence-electron chi connectivity index (χ3n) is 3.71. The molecular weight excluding hydrogens is 378 g/mol. The van der Waals surface area contributed by atoms with Gasteiger partial charge in [-0.05, 0) is 26.3 Å². The molecule has 2 aromatic rings. The molecule has 0 unspecified atom stereocenters. The molecule has 9 nitrogen and oxygen atoms in total. The van der Waals surface area contributed by atoms with Crippen LogP contribution in [0.5, 0.6) is 0 Å². The van der Waals surface area contributed by atoms with Gasteiger partial charge in [0.25, 0.3) is 0 Å². The van der Waals surface area contributed by atoms with Gasteiger partial charge in [-0.1, -0.05) is 30.3 Å². The Morgan fingerprint density at radius 2 is 1.86 bits per heavy atom. The largest absolute Gasteiger partial charge is 0.467 e. The number of carbonyl (C=O) groups excluding carboxylic acids is 3. The predicted molar refractivity (Wildman–Crippen MR) is 103 cm³/mol. The molecule has 0 aliphatic rings. The smallest absolute Gasteiger partial charge is 0.420 e. The van der Waals surface area contributed by atoms with Gasteiger partial charge in [0.15, 0.2) is 0 Å². The van der Waals surface area contributed by atoms with E-state index >= 15 is 0 Å². The number of methoxy groups -OCH3 is 1.